The number of nitrogens with zero attached hydrogens (tertiary/aromatic N) is 1. The third-order valence-electron chi connectivity index (χ3n) is 3.62. The molecule has 0 radical (unpaired) electrons. The van der Waals surface area contributed by atoms with Crippen molar-refractivity contribution in [2.24, 2.45) is 0 Å². The molecule has 2 aromatic heterocycles. The van der Waals surface area contributed by atoms with Crippen molar-refractivity contribution in [3.63, 3.8) is 0 Å². The average molecular weight is 378 g/mol. The van der Waals surface area contributed by atoms with Crippen LogP contribution in [0.25, 0.3) is 21.3 Å². The Balaban J connectivity index is 1.94. The van der Waals surface area contributed by atoms with Gasteiger partial charge in [0.1, 0.15) is 10.6 Å². The summed E-state index contributed by atoms with van der Waals surface area (Å²) in [5.41, 5.74) is 1.31. The summed E-state index contributed by atoms with van der Waals surface area (Å²) in [5.74, 6) is -0.598. The molecule has 8 heteroatoms. The van der Waals surface area contributed by atoms with Gasteiger partial charge in [-0.25, -0.2) is 9.37 Å². The molecule has 0 unspecified atom stereocenters. The van der Waals surface area contributed by atoms with Crippen LogP contribution in [0.1, 0.15) is 17.7 Å². The standard InChI is InChI=1S/C17H15FN2O3S2/c1-9-13(10-4-6-11(18)7-5-10)14-15(23)19-17(20-16(14)25-9)24-8-2-3-12(21)22/h4-7H,2-3,8H2,1H3,(H,21,22)(H,19,20,23). The van der Waals surface area contributed by atoms with Crippen molar-refractivity contribution >= 4 is 39.3 Å². The minimum absolute atomic E-state index is 0.0896. The molecule has 0 aliphatic rings. The lowest BCUT2D eigenvalue weighted by atomic mass is 10.0. The highest BCUT2D eigenvalue weighted by atomic mass is 32.2. The number of thiophene rings is 1. The fraction of sp³-hybridized carbons (Fsp3) is 0.235. The predicted octanol–water partition coefficient (Wildman–Crippen LogP) is 4.06. The molecule has 1 aromatic carbocycles. The van der Waals surface area contributed by atoms with E-state index < -0.39 is 5.97 Å². The van der Waals surface area contributed by atoms with E-state index in [2.05, 4.69) is 9.97 Å². The Kier molecular flexibility index (Phi) is 5.19. The van der Waals surface area contributed by atoms with Crippen LogP contribution in [0.15, 0.2) is 34.2 Å². The van der Waals surface area contributed by atoms with Crippen molar-refractivity contribution in [3.8, 4) is 11.1 Å². The summed E-state index contributed by atoms with van der Waals surface area (Å²) in [4.78, 5) is 31.9. The molecule has 25 heavy (non-hydrogen) atoms. The van der Waals surface area contributed by atoms with E-state index >= 15 is 0 Å². The molecule has 0 saturated carbocycles. The number of H-pyrrole nitrogens is 1. The van der Waals surface area contributed by atoms with Gasteiger partial charge in [0, 0.05) is 22.6 Å². The number of carboxylic acids is 1. The molecule has 0 spiro atoms. The minimum atomic E-state index is -0.838. The maximum absolute atomic E-state index is 13.2. The number of benzene rings is 1. The van der Waals surface area contributed by atoms with E-state index in [1.807, 2.05) is 6.92 Å². The highest BCUT2D eigenvalue weighted by molar-refractivity contribution is 7.99. The van der Waals surface area contributed by atoms with Gasteiger partial charge in [-0.1, -0.05) is 23.9 Å². The first-order valence-corrected chi connectivity index (χ1v) is 9.40. The zero-order valence-electron chi connectivity index (χ0n) is 13.3. The quantitative estimate of drug-likeness (QED) is 0.384. The topological polar surface area (TPSA) is 83.0 Å². The molecule has 2 heterocycles. The monoisotopic (exact) mass is 378 g/mol. The van der Waals surface area contributed by atoms with Crippen LogP contribution in [0.4, 0.5) is 4.39 Å². The second-order valence-electron chi connectivity index (χ2n) is 5.44. The highest BCUT2D eigenvalue weighted by Crippen LogP contribution is 2.36. The lowest BCUT2D eigenvalue weighted by molar-refractivity contribution is -0.137. The number of carbonyl (C=O) groups is 1. The van der Waals surface area contributed by atoms with Crippen LogP contribution >= 0.6 is 23.1 Å². The van der Waals surface area contributed by atoms with E-state index in [1.165, 1.54) is 35.2 Å². The van der Waals surface area contributed by atoms with E-state index in [9.17, 15) is 14.0 Å². The first-order chi connectivity index (χ1) is 12.0. The Bertz CT molecular complexity index is 980. The van der Waals surface area contributed by atoms with Gasteiger partial charge in [-0.2, -0.15) is 0 Å². The van der Waals surface area contributed by atoms with Crippen LogP contribution in [-0.4, -0.2) is 26.8 Å². The van der Waals surface area contributed by atoms with Gasteiger partial charge in [0.15, 0.2) is 5.16 Å². The van der Waals surface area contributed by atoms with Crippen molar-refractivity contribution in [3.05, 3.63) is 45.3 Å². The van der Waals surface area contributed by atoms with Crippen LogP contribution in [0, 0.1) is 12.7 Å². The van der Waals surface area contributed by atoms with Crippen LogP contribution in [0.5, 0.6) is 0 Å². The Hall–Kier alpha value is -2.19. The van der Waals surface area contributed by atoms with Gasteiger partial charge in [-0.15, -0.1) is 11.3 Å². The third kappa shape index (κ3) is 3.91. The molecule has 0 fully saturated rings. The number of hydrogen-bond acceptors (Lipinski definition) is 5. The molecule has 0 aliphatic carbocycles. The van der Waals surface area contributed by atoms with E-state index in [4.69, 9.17) is 5.11 Å². The molecule has 0 saturated heterocycles. The van der Waals surface area contributed by atoms with Gasteiger partial charge < -0.3 is 10.1 Å². The van der Waals surface area contributed by atoms with Gasteiger partial charge in [0.25, 0.3) is 5.56 Å². The van der Waals surface area contributed by atoms with Gasteiger partial charge >= 0.3 is 5.97 Å². The number of halogens is 1. The van der Waals surface area contributed by atoms with Crippen molar-refractivity contribution < 1.29 is 14.3 Å². The molecule has 2 N–H and O–H groups in total. The third-order valence-corrected chi connectivity index (χ3v) is 5.58. The first-order valence-electron chi connectivity index (χ1n) is 7.59. The number of carboxylic acid groups (broad SMARTS) is 1. The van der Waals surface area contributed by atoms with Gasteiger partial charge in [-0.05, 0) is 31.0 Å². The predicted molar refractivity (Wildman–Crippen MR) is 98.0 cm³/mol. The molecule has 3 rings (SSSR count). The number of aromatic amines is 1. The molecule has 0 atom stereocenters. The maximum atomic E-state index is 13.2. The maximum Gasteiger partial charge on any atom is 0.303 e. The van der Waals surface area contributed by atoms with E-state index in [1.54, 1.807) is 12.1 Å². The molecule has 0 aliphatic heterocycles. The highest BCUT2D eigenvalue weighted by Gasteiger charge is 2.16. The first kappa shape index (κ1) is 17.6. The molecular formula is C17H15FN2O3S2. The summed E-state index contributed by atoms with van der Waals surface area (Å²) in [6.45, 7) is 1.91. The number of aromatic nitrogens is 2. The minimum Gasteiger partial charge on any atom is -0.481 e. The Morgan fingerprint density at radius 1 is 1.36 bits per heavy atom. The lowest BCUT2D eigenvalue weighted by Crippen LogP contribution is -2.09. The fourth-order valence-corrected chi connectivity index (χ4v) is 4.43. The average Bonchev–Trinajstić information content (AvgIpc) is 2.89. The van der Waals surface area contributed by atoms with E-state index in [-0.39, 0.29) is 17.8 Å². The Morgan fingerprint density at radius 3 is 2.76 bits per heavy atom. The second-order valence-corrected chi connectivity index (χ2v) is 7.72. The number of aliphatic carboxylic acids is 1. The number of nitrogens with one attached hydrogen (secondary N) is 1. The van der Waals surface area contributed by atoms with Crippen LogP contribution < -0.4 is 5.56 Å². The summed E-state index contributed by atoms with van der Waals surface area (Å²) in [6, 6.07) is 6.04. The zero-order valence-corrected chi connectivity index (χ0v) is 15.0. The number of thioether (sulfide) groups is 1. The molecular weight excluding hydrogens is 363 g/mol. The lowest BCUT2D eigenvalue weighted by Gasteiger charge is -2.03. The van der Waals surface area contributed by atoms with Gasteiger partial charge in [0.05, 0.1) is 5.39 Å². The van der Waals surface area contributed by atoms with Crippen LogP contribution in [0.3, 0.4) is 0 Å². The molecule has 5 nitrogen and oxygen atoms in total. The molecule has 0 bridgehead atoms. The molecule has 130 valence electrons. The SMILES string of the molecule is Cc1sc2nc(SCCCC(=O)O)[nH]c(=O)c2c1-c1ccc(F)cc1. The number of aryl methyl sites for hydroxylation is 1. The zero-order chi connectivity index (χ0) is 18.0. The smallest absolute Gasteiger partial charge is 0.303 e. The molecule has 3 aromatic rings. The normalized spacial score (nSPS) is 11.1. The summed E-state index contributed by atoms with van der Waals surface area (Å²) in [7, 11) is 0. The summed E-state index contributed by atoms with van der Waals surface area (Å²) < 4.78 is 13.2. The molecule has 0 amide bonds. The van der Waals surface area contributed by atoms with Gasteiger partial charge in [0.2, 0.25) is 0 Å². The van der Waals surface area contributed by atoms with Crippen LogP contribution in [-0.2, 0) is 4.79 Å². The summed E-state index contributed by atoms with van der Waals surface area (Å²) in [5, 5.41) is 9.64. The summed E-state index contributed by atoms with van der Waals surface area (Å²) >= 11 is 2.75. The largest absolute Gasteiger partial charge is 0.481 e. The Labute approximate surface area is 150 Å². The van der Waals surface area contributed by atoms with Crippen LogP contribution in [0.2, 0.25) is 0 Å². The number of rotatable bonds is 6. The Morgan fingerprint density at radius 2 is 2.08 bits per heavy atom. The van der Waals surface area contributed by atoms with Crippen molar-refractivity contribution in [1.29, 1.82) is 0 Å². The van der Waals surface area contributed by atoms with E-state index in [0.29, 0.717) is 27.5 Å². The van der Waals surface area contributed by atoms with Gasteiger partial charge in [-0.3, -0.25) is 9.59 Å². The number of fused-ring (bicyclic) bond motifs is 1. The number of hydrogen-bond donors (Lipinski definition) is 2. The fourth-order valence-electron chi connectivity index (χ4n) is 2.52. The van der Waals surface area contributed by atoms with Crippen molar-refractivity contribution in [1.82, 2.24) is 9.97 Å². The van der Waals surface area contributed by atoms with Crippen molar-refractivity contribution in [2.45, 2.75) is 24.9 Å². The summed E-state index contributed by atoms with van der Waals surface area (Å²) in [6.07, 6.45) is 0.596. The van der Waals surface area contributed by atoms with Crippen molar-refractivity contribution in [2.75, 3.05) is 5.75 Å². The van der Waals surface area contributed by atoms with E-state index in [0.717, 1.165) is 16.0 Å². The second kappa shape index (κ2) is 7.37.